The zero-order valence-electron chi connectivity index (χ0n) is 33.8. The first-order valence-electron chi connectivity index (χ1n) is 20.3. The lowest BCUT2D eigenvalue weighted by molar-refractivity contribution is 0.108. The van der Waals surface area contributed by atoms with E-state index in [4.69, 9.17) is 23.9 Å². The fourth-order valence-corrected chi connectivity index (χ4v) is 6.92. The van der Waals surface area contributed by atoms with Crippen LogP contribution in [0.15, 0.2) is 186 Å². The van der Waals surface area contributed by atoms with Gasteiger partial charge in [0.05, 0.1) is 62.0 Å². The van der Waals surface area contributed by atoms with Crippen molar-refractivity contribution in [3.8, 4) is 11.5 Å². The molecule has 0 spiro atoms. The lowest BCUT2D eigenvalue weighted by Crippen LogP contribution is -2.08. The Hall–Kier alpha value is -6.57. The fourth-order valence-electron chi connectivity index (χ4n) is 6.70. The van der Waals surface area contributed by atoms with E-state index in [1.165, 1.54) is 21.5 Å². The number of benzene rings is 6. The van der Waals surface area contributed by atoms with Crippen molar-refractivity contribution in [2.75, 3.05) is 13.2 Å². The third-order valence-electron chi connectivity index (χ3n) is 10.1. The number of rotatable bonds is 19. The lowest BCUT2D eigenvalue weighted by Gasteiger charge is -2.14. The van der Waals surface area contributed by atoms with Crippen LogP contribution in [0.25, 0.3) is 21.5 Å². The Balaban J connectivity index is 0.750. The van der Waals surface area contributed by atoms with Crippen molar-refractivity contribution < 1.29 is 18.9 Å². The molecule has 0 saturated heterocycles. The van der Waals surface area contributed by atoms with Gasteiger partial charge in [-0.25, -0.2) is 0 Å². The van der Waals surface area contributed by atoms with Crippen LogP contribution in [0, 0.1) is 0 Å². The topological polar surface area (TPSA) is 87.4 Å². The molecule has 2 aromatic heterocycles. The minimum absolute atomic E-state index is 0.103. The van der Waals surface area contributed by atoms with Crippen molar-refractivity contribution in [3.63, 3.8) is 0 Å². The Bertz CT molecular complexity index is 2670. The van der Waals surface area contributed by atoms with Crippen molar-refractivity contribution in [1.29, 1.82) is 0 Å². The van der Waals surface area contributed by atoms with Crippen LogP contribution in [0.1, 0.15) is 45.2 Å². The highest BCUT2D eigenvalue weighted by atomic mass is 31.0. The van der Waals surface area contributed by atoms with Crippen LogP contribution in [0.4, 0.5) is 0 Å². The van der Waals surface area contributed by atoms with E-state index in [0.29, 0.717) is 51.1 Å². The molecule has 0 bridgehead atoms. The van der Waals surface area contributed by atoms with Crippen molar-refractivity contribution in [2.24, 2.45) is 9.98 Å². The van der Waals surface area contributed by atoms with Gasteiger partial charge in [-0.2, -0.15) is 0 Å². The molecule has 2 heterocycles. The number of pyridine rings is 2. The number of hydrogen-bond acceptors (Lipinski definition) is 8. The molecule has 8 nitrogen and oxygen atoms in total. The zero-order chi connectivity index (χ0) is 41.5. The first-order chi connectivity index (χ1) is 30.1. The summed E-state index contributed by atoms with van der Waals surface area (Å²) >= 11 is 0. The molecule has 0 amide bonds. The second kappa shape index (κ2) is 21.1. The number of hydrogen-bond donors (Lipinski definition) is 0. The molecule has 6 aromatic carbocycles. The Morgan fingerprint density at radius 2 is 0.934 bits per heavy atom. The first-order valence-corrected chi connectivity index (χ1v) is 21.0. The summed E-state index contributed by atoms with van der Waals surface area (Å²) in [6.45, 7) is 2.79. The van der Waals surface area contributed by atoms with Gasteiger partial charge in [0.2, 0.25) is 0 Å². The quantitative estimate of drug-likeness (QED) is 0.0596. The van der Waals surface area contributed by atoms with Gasteiger partial charge in [-0.3, -0.25) is 20.0 Å². The molecule has 0 saturated carbocycles. The second-order valence-electron chi connectivity index (χ2n) is 14.7. The predicted octanol–water partition coefficient (Wildman–Crippen LogP) is 11.2. The van der Waals surface area contributed by atoms with Crippen LogP contribution in [-0.2, 0) is 35.9 Å². The van der Waals surface area contributed by atoms with Crippen LogP contribution in [0.2, 0.25) is 0 Å². The van der Waals surface area contributed by atoms with E-state index in [0.717, 1.165) is 39.2 Å². The number of ether oxygens (including phenoxy) is 4. The molecule has 0 radical (unpaired) electrons. The zero-order valence-corrected chi connectivity index (χ0v) is 34.9. The molecule has 304 valence electrons. The van der Waals surface area contributed by atoms with Crippen LogP contribution in [-0.4, -0.2) is 41.4 Å². The molecule has 0 aliphatic heterocycles. The van der Waals surface area contributed by atoms with Crippen molar-refractivity contribution >= 4 is 43.2 Å². The average Bonchev–Trinajstić information content (AvgIpc) is 3.32. The summed E-state index contributed by atoms with van der Waals surface area (Å²) in [5.74, 6) is 1.32. The number of nitrogens with zero attached hydrogens (tertiary/aromatic N) is 4. The molecule has 8 aromatic rings. The van der Waals surface area contributed by atoms with E-state index in [2.05, 4.69) is 121 Å². The van der Waals surface area contributed by atoms with E-state index in [9.17, 15) is 0 Å². The normalized spacial score (nSPS) is 12.6. The van der Waals surface area contributed by atoms with Gasteiger partial charge in [-0.1, -0.05) is 127 Å². The van der Waals surface area contributed by atoms with Crippen LogP contribution in [0.5, 0.6) is 11.5 Å². The van der Waals surface area contributed by atoms with Gasteiger partial charge in [0.15, 0.2) is 0 Å². The summed E-state index contributed by atoms with van der Waals surface area (Å²) in [7, 11) is 2.72. The molecule has 0 fully saturated rings. The van der Waals surface area contributed by atoms with E-state index in [-0.39, 0.29) is 11.8 Å². The maximum absolute atomic E-state index is 6.19. The summed E-state index contributed by atoms with van der Waals surface area (Å²) in [5.41, 5.74) is 6.96. The second-order valence-corrected chi connectivity index (χ2v) is 15.4. The summed E-state index contributed by atoms with van der Waals surface area (Å²) in [4.78, 5) is 18.5. The van der Waals surface area contributed by atoms with E-state index in [1.807, 2.05) is 66.7 Å². The first kappa shape index (κ1) is 41.2. The van der Waals surface area contributed by atoms with Gasteiger partial charge in [-0.05, 0) is 85.8 Å². The van der Waals surface area contributed by atoms with Gasteiger partial charge in [-0.15, -0.1) is 9.24 Å². The van der Waals surface area contributed by atoms with E-state index in [1.54, 1.807) is 24.8 Å². The standard InChI is InChI=1S/C52H47N4O4P/c61-52(56-29-48-23-25-50(31-54-48)60-35-41-19-21-43-9-5-7-13-46(43)27-41)37-58-33-39-16-14-38(15-17-39)32-57-36-51(44-10-2-1-3-11-44)55-28-47-22-24-49(30-53-47)59-34-40-18-20-42-8-4-6-12-45(42)26-40/h1-31,51-52H,32-37,61H2. The number of aliphatic imine (C=N–C) groups is 2. The molecule has 8 rings (SSSR count). The van der Waals surface area contributed by atoms with Gasteiger partial charge < -0.3 is 18.9 Å². The maximum Gasteiger partial charge on any atom is 0.138 e. The van der Waals surface area contributed by atoms with Gasteiger partial charge in [0.1, 0.15) is 24.7 Å². The van der Waals surface area contributed by atoms with Gasteiger partial charge in [0, 0.05) is 12.4 Å². The summed E-state index contributed by atoms with van der Waals surface area (Å²) in [6, 6.07) is 55.3. The van der Waals surface area contributed by atoms with Crippen molar-refractivity contribution in [3.05, 3.63) is 215 Å². The minimum Gasteiger partial charge on any atom is -0.487 e. The molecule has 0 aliphatic carbocycles. The van der Waals surface area contributed by atoms with Crippen molar-refractivity contribution in [1.82, 2.24) is 9.97 Å². The maximum atomic E-state index is 6.19. The Labute approximate surface area is 359 Å². The molecular weight excluding hydrogens is 776 g/mol. The molecule has 9 heteroatoms. The Morgan fingerprint density at radius 1 is 0.459 bits per heavy atom. The molecular formula is C52H47N4O4P. The minimum atomic E-state index is -0.183. The average molecular weight is 823 g/mol. The highest BCUT2D eigenvalue weighted by Crippen LogP contribution is 2.22. The number of fused-ring (bicyclic) bond motifs is 2. The summed E-state index contributed by atoms with van der Waals surface area (Å²) in [6.07, 6.45) is 7.02. The third kappa shape index (κ3) is 12.2. The van der Waals surface area contributed by atoms with Crippen molar-refractivity contribution in [2.45, 2.75) is 38.3 Å². The Kier molecular flexibility index (Phi) is 14.2. The highest BCUT2D eigenvalue weighted by molar-refractivity contribution is 7.17. The fraction of sp³-hybridized carbons (Fsp3) is 0.154. The van der Waals surface area contributed by atoms with E-state index < -0.39 is 0 Å². The summed E-state index contributed by atoms with van der Waals surface area (Å²) in [5, 5.41) is 4.83. The largest absolute Gasteiger partial charge is 0.487 e. The van der Waals surface area contributed by atoms with Crippen LogP contribution >= 0.6 is 9.24 Å². The molecule has 0 aliphatic rings. The monoisotopic (exact) mass is 822 g/mol. The smallest absolute Gasteiger partial charge is 0.138 e. The van der Waals surface area contributed by atoms with E-state index >= 15 is 0 Å². The van der Waals surface area contributed by atoms with Crippen LogP contribution in [0.3, 0.4) is 0 Å². The lowest BCUT2D eigenvalue weighted by atomic mass is 10.1. The van der Waals surface area contributed by atoms with Gasteiger partial charge in [0.25, 0.3) is 0 Å². The third-order valence-corrected chi connectivity index (χ3v) is 10.4. The molecule has 3 atom stereocenters. The SMILES string of the molecule is PC(COCc1ccc(COCC(N=Cc2ccc(OCc3ccc4ccccc4c3)cn2)c2ccccc2)cc1)N=Cc1ccc(OCc2ccc3ccccc3c2)cn1. The molecule has 0 N–H and O–H groups in total. The number of aromatic nitrogens is 2. The summed E-state index contributed by atoms with van der Waals surface area (Å²) < 4.78 is 24.2. The van der Waals surface area contributed by atoms with Gasteiger partial charge >= 0.3 is 0 Å². The molecule has 3 unspecified atom stereocenters. The van der Waals surface area contributed by atoms with Crippen LogP contribution < -0.4 is 9.47 Å². The highest BCUT2D eigenvalue weighted by Gasteiger charge is 2.11. The Morgan fingerprint density at radius 3 is 1.46 bits per heavy atom. The predicted molar refractivity (Wildman–Crippen MR) is 249 cm³/mol. The molecule has 61 heavy (non-hydrogen) atoms.